The molecule has 19 heavy (non-hydrogen) atoms. The lowest BCUT2D eigenvalue weighted by atomic mass is 9.90. The molecule has 104 valence electrons. The van der Waals surface area contributed by atoms with E-state index in [4.69, 9.17) is 4.74 Å². The van der Waals surface area contributed by atoms with E-state index in [2.05, 4.69) is 48.3 Å². The van der Waals surface area contributed by atoms with Crippen molar-refractivity contribution in [2.24, 2.45) is 0 Å². The fraction of sp³-hybridized carbons (Fsp3) is 0.625. The van der Waals surface area contributed by atoms with Crippen molar-refractivity contribution >= 4 is 5.69 Å². The van der Waals surface area contributed by atoms with Crippen LogP contribution in [-0.2, 0) is 4.74 Å². The van der Waals surface area contributed by atoms with E-state index in [0.717, 1.165) is 26.2 Å². The van der Waals surface area contributed by atoms with Crippen molar-refractivity contribution in [3.63, 3.8) is 0 Å². The molecule has 1 fully saturated rings. The van der Waals surface area contributed by atoms with Gasteiger partial charge in [-0.3, -0.25) is 4.90 Å². The van der Waals surface area contributed by atoms with E-state index in [0.29, 0.717) is 18.1 Å². The highest BCUT2D eigenvalue weighted by atomic mass is 16.5. The normalized spacial score (nSPS) is 31.6. The maximum atomic E-state index is 5.72. The van der Waals surface area contributed by atoms with Gasteiger partial charge >= 0.3 is 0 Å². The molecule has 0 bridgehead atoms. The monoisotopic (exact) mass is 260 g/mol. The Kier molecular flexibility index (Phi) is 3.76. The Balaban J connectivity index is 1.73. The summed E-state index contributed by atoms with van der Waals surface area (Å²) in [4.78, 5) is 2.60. The molecular formula is C16H24N2O. The van der Waals surface area contributed by atoms with Crippen LogP contribution in [0.5, 0.6) is 0 Å². The molecule has 0 aliphatic carbocycles. The van der Waals surface area contributed by atoms with Gasteiger partial charge in [0.2, 0.25) is 0 Å². The summed E-state index contributed by atoms with van der Waals surface area (Å²) < 4.78 is 5.72. The summed E-state index contributed by atoms with van der Waals surface area (Å²) in [6, 6.07) is 9.30. The van der Waals surface area contributed by atoms with Crippen molar-refractivity contribution in [3.05, 3.63) is 29.8 Å². The van der Waals surface area contributed by atoms with Crippen LogP contribution in [0.15, 0.2) is 24.3 Å². The van der Waals surface area contributed by atoms with Gasteiger partial charge in [0.25, 0.3) is 0 Å². The Hall–Kier alpha value is -1.06. The van der Waals surface area contributed by atoms with Crippen LogP contribution in [0.3, 0.4) is 0 Å². The number of rotatable bonds is 2. The SMILES string of the molecule is CC1CN(CC2CCNc3ccccc32)C(C)CO1. The Morgan fingerprint density at radius 1 is 1.32 bits per heavy atom. The van der Waals surface area contributed by atoms with Gasteiger partial charge in [0.1, 0.15) is 0 Å². The Labute approximate surface area is 115 Å². The molecule has 0 radical (unpaired) electrons. The number of nitrogens with zero attached hydrogens (tertiary/aromatic N) is 1. The number of ether oxygens (including phenoxy) is 1. The first-order valence-electron chi connectivity index (χ1n) is 7.42. The first kappa shape index (κ1) is 12.9. The molecule has 0 saturated carbocycles. The maximum Gasteiger partial charge on any atom is 0.0674 e. The number of hydrogen-bond acceptors (Lipinski definition) is 3. The van der Waals surface area contributed by atoms with Crippen LogP contribution in [-0.4, -0.2) is 43.3 Å². The molecule has 3 atom stereocenters. The van der Waals surface area contributed by atoms with Crippen LogP contribution in [0.2, 0.25) is 0 Å². The molecule has 1 N–H and O–H groups in total. The number of anilines is 1. The number of hydrogen-bond donors (Lipinski definition) is 1. The standard InChI is InChI=1S/C16H24N2O/c1-12-11-19-13(2)9-18(12)10-14-7-8-17-16-6-4-3-5-15(14)16/h3-6,12-14,17H,7-11H2,1-2H3. The van der Waals surface area contributed by atoms with Crippen molar-refractivity contribution in [2.75, 3.05) is 31.6 Å². The van der Waals surface area contributed by atoms with Gasteiger partial charge in [-0.05, 0) is 31.9 Å². The third-order valence-electron chi connectivity index (χ3n) is 4.40. The van der Waals surface area contributed by atoms with Crippen LogP contribution >= 0.6 is 0 Å². The third-order valence-corrected chi connectivity index (χ3v) is 4.40. The van der Waals surface area contributed by atoms with Crippen molar-refractivity contribution < 1.29 is 4.74 Å². The zero-order chi connectivity index (χ0) is 13.2. The molecule has 0 aromatic heterocycles. The smallest absolute Gasteiger partial charge is 0.0674 e. The van der Waals surface area contributed by atoms with Crippen LogP contribution < -0.4 is 5.32 Å². The molecule has 1 aromatic carbocycles. The molecule has 2 aliphatic rings. The van der Waals surface area contributed by atoms with E-state index in [1.807, 2.05) is 0 Å². The van der Waals surface area contributed by atoms with E-state index in [1.54, 1.807) is 0 Å². The summed E-state index contributed by atoms with van der Waals surface area (Å²) in [6.45, 7) is 8.64. The largest absolute Gasteiger partial charge is 0.385 e. The van der Waals surface area contributed by atoms with Gasteiger partial charge in [-0.2, -0.15) is 0 Å². The predicted octanol–water partition coefficient (Wildman–Crippen LogP) is 2.70. The highest BCUT2D eigenvalue weighted by Gasteiger charge is 2.28. The Bertz CT molecular complexity index is 435. The first-order valence-corrected chi connectivity index (χ1v) is 7.42. The minimum atomic E-state index is 0.369. The highest BCUT2D eigenvalue weighted by molar-refractivity contribution is 5.54. The average Bonchev–Trinajstić information content (AvgIpc) is 2.43. The van der Waals surface area contributed by atoms with Gasteiger partial charge in [0.15, 0.2) is 0 Å². The number of para-hydroxylation sites is 1. The molecule has 3 nitrogen and oxygen atoms in total. The molecule has 2 heterocycles. The molecule has 0 amide bonds. The second-order valence-electron chi connectivity index (χ2n) is 5.95. The molecule has 3 unspecified atom stereocenters. The summed E-state index contributed by atoms with van der Waals surface area (Å²) in [5, 5.41) is 3.51. The second-order valence-corrected chi connectivity index (χ2v) is 5.95. The topological polar surface area (TPSA) is 24.5 Å². The predicted molar refractivity (Wildman–Crippen MR) is 78.7 cm³/mol. The van der Waals surface area contributed by atoms with Crippen molar-refractivity contribution in [3.8, 4) is 0 Å². The van der Waals surface area contributed by atoms with Crippen molar-refractivity contribution in [2.45, 2.75) is 38.3 Å². The molecular weight excluding hydrogens is 236 g/mol. The van der Waals surface area contributed by atoms with Gasteiger partial charge in [-0.15, -0.1) is 0 Å². The van der Waals surface area contributed by atoms with E-state index < -0.39 is 0 Å². The lowest BCUT2D eigenvalue weighted by Gasteiger charge is -2.40. The first-order chi connectivity index (χ1) is 9.24. The lowest BCUT2D eigenvalue weighted by Crippen LogP contribution is -2.49. The lowest BCUT2D eigenvalue weighted by molar-refractivity contribution is -0.0513. The van der Waals surface area contributed by atoms with E-state index in [9.17, 15) is 0 Å². The fourth-order valence-corrected chi connectivity index (χ4v) is 3.25. The molecule has 3 heteroatoms. The summed E-state index contributed by atoms with van der Waals surface area (Å²) in [5.41, 5.74) is 2.81. The van der Waals surface area contributed by atoms with Gasteiger partial charge in [0, 0.05) is 37.3 Å². The zero-order valence-corrected chi connectivity index (χ0v) is 11.9. The van der Waals surface area contributed by atoms with Gasteiger partial charge in [-0.25, -0.2) is 0 Å². The zero-order valence-electron chi connectivity index (χ0n) is 11.9. The van der Waals surface area contributed by atoms with E-state index >= 15 is 0 Å². The van der Waals surface area contributed by atoms with Crippen molar-refractivity contribution in [1.29, 1.82) is 0 Å². The van der Waals surface area contributed by atoms with Crippen molar-refractivity contribution in [1.82, 2.24) is 4.90 Å². The summed E-state index contributed by atoms with van der Waals surface area (Å²) in [6.07, 6.45) is 1.60. The number of fused-ring (bicyclic) bond motifs is 1. The molecule has 1 saturated heterocycles. The third kappa shape index (κ3) is 2.77. The Morgan fingerprint density at radius 3 is 3.05 bits per heavy atom. The minimum absolute atomic E-state index is 0.369. The molecule has 0 spiro atoms. The Morgan fingerprint density at radius 2 is 2.16 bits per heavy atom. The van der Waals surface area contributed by atoms with Gasteiger partial charge < -0.3 is 10.1 Å². The quantitative estimate of drug-likeness (QED) is 0.885. The second kappa shape index (κ2) is 5.51. The van der Waals surface area contributed by atoms with Crippen LogP contribution in [0, 0.1) is 0 Å². The van der Waals surface area contributed by atoms with Crippen LogP contribution in [0.1, 0.15) is 31.7 Å². The molecule has 1 aromatic rings. The number of morpholine rings is 1. The van der Waals surface area contributed by atoms with Crippen LogP contribution in [0.25, 0.3) is 0 Å². The highest BCUT2D eigenvalue weighted by Crippen LogP contribution is 2.32. The summed E-state index contributed by atoms with van der Waals surface area (Å²) >= 11 is 0. The van der Waals surface area contributed by atoms with Crippen LogP contribution in [0.4, 0.5) is 5.69 Å². The summed E-state index contributed by atoms with van der Waals surface area (Å²) in [5.74, 6) is 0.658. The fourth-order valence-electron chi connectivity index (χ4n) is 3.25. The van der Waals surface area contributed by atoms with Gasteiger partial charge in [-0.1, -0.05) is 18.2 Å². The van der Waals surface area contributed by atoms with Gasteiger partial charge in [0.05, 0.1) is 12.7 Å². The number of nitrogens with one attached hydrogen (secondary N) is 1. The number of benzene rings is 1. The van der Waals surface area contributed by atoms with E-state index in [1.165, 1.54) is 17.7 Å². The summed E-state index contributed by atoms with van der Waals surface area (Å²) in [7, 11) is 0. The molecule has 2 aliphatic heterocycles. The maximum absolute atomic E-state index is 5.72. The van der Waals surface area contributed by atoms with E-state index in [-0.39, 0.29) is 0 Å². The molecule has 3 rings (SSSR count). The average molecular weight is 260 g/mol. The minimum Gasteiger partial charge on any atom is -0.385 e.